The molecule has 0 bridgehead atoms. The monoisotopic (exact) mass is 353 g/mol. The summed E-state index contributed by atoms with van der Waals surface area (Å²) in [6.07, 6.45) is -0.763. The number of carbonyl (C=O) groups is 2. The van der Waals surface area contributed by atoms with Gasteiger partial charge in [-0.15, -0.1) is 0 Å². The lowest BCUT2D eigenvalue weighted by atomic mass is 10.2. The summed E-state index contributed by atoms with van der Waals surface area (Å²) < 4.78 is 16.2. The van der Waals surface area contributed by atoms with Crippen LogP contribution in [0.4, 0.5) is 5.69 Å². The van der Waals surface area contributed by atoms with Crippen LogP contribution in [0.1, 0.15) is 24.4 Å². The Morgan fingerprint density at radius 1 is 1.08 bits per heavy atom. The Kier molecular flexibility index (Phi) is 5.22. The molecule has 0 saturated carbocycles. The number of rotatable bonds is 6. The fraction of sp³-hybridized carbons (Fsp3) is 0.200. The Hall–Kier alpha value is -3.28. The quantitative estimate of drug-likeness (QED) is 0.677. The van der Waals surface area contributed by atoms with Crippen LogP contribution in [0.25, 0.3) is 11.0 Å². The molecule has 1 aromatic heterocycles. The van der Waals surface area contributed by atoms with Crippen LogP contribution in [0.5, 0.6) is 5.75 Å². The molecule has 0 aliphatic heterocycles. The van der Waals surface area contributed by atoms with E-state index in [-0.39, 0.29) is 18.1 Å². The molecule has 6 heteroatoms. The summed E-state index contributed by atoms with van der Waals surface area (Å²) >= 11 is 0. The second-order valence-corrected chi connectivity index (χ2v) is 5.59. The maximum atomic E-state index is 12.6. The molecule has 1 N–H and O–H groups in total. The molecule has 0 aliphatic carbocycles. The second-order valence-electron chi connectivity index (χ2n) is 5.59. The maximum Gasteiger partial charge on any atom is 0.376 e. The highest BCUT2D eigenvalue weighted by atomic mass is 16.5. The Morgan fingerprint density at radius 2 is 1.77 bits per heavy atom. The topological polar surface area (TPSA) is 77.8 Å². The minimum Gasteiger partial charge on any atom is -0.481 e. The van der Waals surface area contributed by atoms with Crippen molar-refractivity contribution in [1.82, 2.24) is 0 Å². The predicted molar refractivity (Wildman–Crippen MR) is 97.3 cm³/mol. The van der Waals surface area contributed by atoms with Crippen LogP contribution < -0.4 is 10.1 Å². The molecular formula is C20H19NO5. The average molecular weight is 353 g/mol. The molecule has 0 saturated heterocycles. The van der Waals surface area contributed by atoms with E-state index in [0.29, 0.717) is 16.7 Å². The number of amides is 1. The number of furan rings is 1. The number of carbonyl (C=O) groups excluding carboxylic acids is 2. The number of fused-ring (bicyclic) bond motifs is 1. The number of ether oxygens (including phenoxy) is 2. The fourth-order valence-corrected chi connectivity index (χ4v) is 2.49. The molecule has 1 heterocycles. The molecular weight excluding hydrogens is 334 g/mol. The van der Waals surface area contributed by atoms with E-state index in [9.17, 15) is 9.59 Å². The third kappa shape index (κ3) is 3.69. The number of para-hydroxylation sites is 2. The van der Waals surface area contributed by atoms with Gasteiger partial charge in [-0.2, -0.15) is 0 Å². The van der Waals surface area contributed by atoms with Crippen molar-refractivity contribution in [2.45, 2.75) is 20.0 Å². The summed E-state index contributed by atoms with van der Waals surface area (Å²) in [5.74, 6) is -0.479. The van der Waals surface area contributed by atoms with Gasteiger partial charge in [0, 0.05) is 5.39 Å². The van der Waals surface area contributed by atoms with Crippen LogP contribution in [0.2, 0.25) is 0 Å². The molecule has 0 radical (unpaired) electrons. The van der Waals surface area contributed by atoms with Crippen molar-refractivity contribution in [3.63, 3.8) is 0 Å². The largest absolute Gasteiger partial charge is 0.481 e. The summed E-state index contributed by atoms with van der Waals surface area (Å²) in [5.41, 5.74) is 0.773. The van der Waals surface area contributed by atoms with Crippen LogP contribution in [0, 0.1) is 0 Å². The first-order valence-electron chi connectivity index (χ1n) is 8.31. The Bertz CT molecular complexity index is 916. The smallest absolute Gasteiger partial charge is 0.376 e. The van der Waals surface area contributed by atoms with Gasteiger partial charge in [0.1, 0.15) is 17.0 Å². The van der Waals surface area contributed by atoms with Crippen LogP contribution in [-0.2, 0) is 9.53 Å². The number of hydrogen-bond acceptors (Lipinski definition) is 5. The van der Waals surface area contributed by atoms with Crippen molar-refractivity contribution in [2.75, 3.05) is 11.9 Å². The zero-order valence-electron chi connectivity index (χ0n) is 14.5. The van der Waals surface area contributed by atoms with Crippen molar-refractivity contribution >= 4 is 28.5 Å². The number of hydrogen-bond donors (Lipinski definition) is 1. The summed E-state index contributed by atoms with van der Waals surface area (Å²) in [4.78, 5) is 24.7. The summed E-state index contributed by atoms with van der Waals surface area (Å²) in [7, 11) is 0. The fourth-order valence-electron chi connectivity index (χ4n) is 2.49. The Balaban J connectivity index is 1.85. The van der Waals surface area contributed by atoms with Crippen molar-refractivity contribution in [2.24, 2.45) is 0 Å². The van der Waals surface area contributed by atoms with E-state index in [4.69, 9.17) is 13.9 Å². The molecule has 134 valence electrons. The molecule has 3 aromatic rings. The third-order valence-electron chi connectivity index (χ3n) is 3.73. The van der Waals surface area contributed by atoms with Crippen molar-refractivity contribution < 1.29 is 23.5 Å². The van der Waals surface area contributed by atoms with E-state index < -0.39 is 18.0 Å². The molecule has 1 unspecified atom stereocenters. The highest BCUT2D eigenvalue weighted by Crippen LogP contribution is 2.31. The van der Waals surface area contributed by atoms with Gasteiger partial charge in [0.25, 0.3) is 5.91 Å². The molecule has 1 atom stereocenters. The number of benzene rings is 2. The van der Waals surface area contributed by atoms with Crippen molar-refractivity contribution in [3.05, 3.63) is 60.4 Å². The van der Waals surface area contributed by atoms with Gasteiger partial charge in [0.15, 0.2) is 6.10 Å². The molecule has 0 aliphatic rings. The predicted octanol–water partition coefficient (Wildman–Crippen LogP) is 4.02. The van der Waals surface area contributed by atoms with Crippen LogP contribution in [-0.4, -0.2) is 24.6 Å². The molecule has 6 nitrogen and oxygen atoms in total. The summed E-state index contributed by atoms with van der Waals surface area (Å²) in [5, 5.41) is 3.36. The van der Waals surface area contributed by atoms with E-state index in [1.807, 2.05) is 18.2 Å². The van der Waals surface area contributed by atoms with E-state index in [2.05, 4.69) is 5.32 Å². The highest BCUT2D eigenvalue weighted by Gasteiger charge is 2.25. The van der Waals surface area contributed by atoms with Gasteiger partial charge < -0.3 is 19.2 Å². The van der Waals surface area contributed by atoms with Gasteiger partial charge in [-0.05, 0) is 38.1 Å². The lowest BCUT2D eigenvalue weighted by molar-refractivity contribution is -0.122. The lowest BCUT2D eigenvalue weighted by Gasteiger charge is -2.14. The normalized spacial score (nSPS) is 11.8. The van der Waals surface area contributed by atoms with Crippen LogP contribution >= 0.6 is 0 Å². The highest BCUT2D eigenvalue weighted by molar-refractivity contribution is 6.10. The molecule has 26 heavy (non-hydrogen) atoms. The first kappa shape index (κ1) is 17.5. The Morgan fingerprint density at radius 3 is 2.50 bits per heavy atom. The molecule has 0 fully saturated rings. The van der Waals surface area contributed by atoms with Crippen molar-refractivity contribution in [1.29, 1.82) is 0 Å². The van der Waals surface area contributed by atoms with E-state index in [1.54, 1.807) is 50.2 Å². The third-order valence-corrected chi connectivity index (χ3v) is 3.73. The van der Waals surface area contributed by atoms with E-state index in [0.717, 1.165) is 0 Å². The van der Waals surface area contributed by atoms with Gasteiger partial charge in [0.2, 0.25) is 5.76 Å². The number of esters is 1. The summed E-state index contributed by atoms with van der Waals surface area (Å²) in [6.45, 7) is 3.54. The number of nitrogens with one attached hydrogen (secondary N) is 1. The maximum absolute atomic E-state index is 12.6. The van der Waals surface area contributed by atoms with Crippen LogP contribution in [0.3, 0.4) is 0 Å². The van der Waals surface area contributed by atoms with Gasteiger partial charge in [-0.3, -0.25) is 4.79 Å². The minimum atomic E-state index is -0.763. The summed E-state index contributed by atoms with van der Waals surface area (Å²) in [6, 6.07) is 16.1. The van der Waals surface area contributed by atoms with Crippen molar-refractivity contribution in [3.8, 4) is 5.75 Å². The zero-order chi connectivity index (χ0) is 18.5. The van der Waals surface area contributed by atoms with E-state index >= 15 is 0 Å². The van der Waals surface area contributed by atoms with Gasteiger partial charge in [0.05, 0.1) is 6.61 Å². The number of anilines is 1. The first-order valence-corrected chi connectivity index (χ1v) is 8.31. The zero-order valence-corrected chi connectivity index (χ0v) is 14.5. The van der Waals surface area contributed by atoms with E-state index in [1.165, 1.54) is 0 Å². The van der Waals surface area contributed by atoms with Gasteiger partial charge >= 0.3 is 5.97 Å². The molecule has 1 amide bonds. The molecule has 2 aromatic carbocycles. The molecule has 3 rings (SSSR count). The standard InChI is InChI=1S/C20H19NO5/c1-3-24-20(23)18-17(15-11-7-8-12-16(15)26-18)21-19(22)13(2)25-14-9-5-4-6-10-14/h4-13H,3H2,1-2H3,(H,21,22). The van der Waals surface area contributed by atoms with Gasteiger partial charge in [-0.1, -0.05) is 30.3 Å². The molecule has 0 spiro atoms. The minimum absolute atomic E-state index is 0.0340. The van der Waals surface area contributed by atoms with Crippen LogP contribution in [0.15, 0.2) is 59.0 Å². The average Bonchev–Trinajstić information content (AvgIpc) is 3.01. The lowest BCUT2D eigenvalue weighted by Crippen LogP contribution is -2.30. The first-order chi connectivity index (χ1) is 12.6. The van der Waals surface area contributed by atoms with Gasteiger partial charge in [-0.25, -0.2) is 4.79 Å². The Labute approximate surface area is 150 Å². The second kappa shape index (κ2) is 7.74. The SMILES string of the molecule is CCOC(=O)c1oc2ccccc2c1NC(=O)C(C)Oc1ccccc1.